The summed E-state index contributed by atoms with van der Waals surface area (Å²) in [5.74, 6) is 0.797. The van der Waals surface area contributed by atoms with Crippen molar-refractivity contribution >= 4 is 11.8 Å². The van der Waals surface area contributed by atoms with Gasteiger partial charge in [0.15, 0.2) is 5.16 Å². The summed E-state index contributed by atoms with van der Waals surface area (Å²) in [4.78, 5) is 20.6. The molecule has 1 rings (SSSR count). The lowest BCUT2D eigenvalue weighted by atomic mass is 10.1. The van der Waals surface area contributed by atoms with E-state index in [9.17, 15) is 9.90 Å². The number of thioether (sulfide) groups is 1. The van der Waals surface area contributed by atoms with Crippen molar-refractivity contribution in [1.82, 2.24) is 9.97 Å². The third-order valence-corrected chi connectivity index (χ3v) is 4.78. The third-order valence-electron chi connectivity index (χ3n) is 3.90. The molecule has 0 bridgehead atoms. The maximum Gasteiger partial charge on any atom is 0.258 e. The maximum atomic E-state index is 12.1. The summed E-state index contributed by atoms with van der Waals surface area (Å²) in [5, 5.41) is 10.5. The smallest absolute Gasteiger partial charge is 0.258 e. The molecule has 0 fully saturated rings. The molecular formula is C17H32ClN3O2S. The lowest BCUT2D eigenvalue weighted by molar-refractivity contribution is -0.897. The molecule has 0 amide bonds. The van der Waals surface area contributed by atoms with Crippen LogP contribution in [-0.2, 0) is 6.42 Å². The highest BCUT2D eigenvalue weighted by Gasteiger charge is 2.12. The zero-order valence-electron chi connectivity index (χ0n) is 15.2. The molecule has 0 aliphatic carbocycles. The fourth-order valence-electron chi connectivity index (χ4n) is 2.69. The van der Waals surface area contributed by atoms with E-state index in [-0.39, 0.29) is 23.8 Å². The Balaban J connectivity index is 0.00000529. The zero-order chi connectivity index (χ0) is 17.1. The molecule has 0 saturated heterocycles. The molecule has 0 saturated carbocycles. The molecule has 0 aliphatic heterocycles. The number of hydrogen-bond acceptors (Lipinski definition) is 4. The van der Waals surface area contributed by atoms with Gasteiger partial charge < -0.3 is 27.4 Å². The first-order valence-corrected chi connectivity index (χ1v) is 9.89. The SMILES string of the molecule is CCCCCc1c(O)nc(SCC[NH+](CCC)CCC)[nH]c1=O.[Cl-]. The topological polar surface area (TPSA) is 70.4 Å². The first kappa shape index (κ1) is 23.3. The Kier molecular flexibility index (Phi) is 13.2. The lowest BCUT2D eigenvalue weighted by Gasteiger charge is -2.17. The van der Waals surface area contributed by atoms with E-state index < -0.39 is 0 Å². The van der Waals surface area contributed by atoms with Crippen molar-refractivity contribution in [3.8, 4) is 5.88 Å². The average Bonchev–Trinajstić information content (AvgIpc) is 2.50. The minimum Gasteiger partial charge on any atom is -1.00 e. The highest BCUT2D eigenvalue weighted by molar-refractivity contribution is 7.99. The van der Waals surface area contributed by atoms with Gasteiger partial charge in [-0.2, -0.15) is 4.98 Å². The monoisotopic (exact) mass is 377 g/mol. The number of hydrogen-bond donors (Lipinski definition) is 3. The number of quaternary nitrogens is 1. The maximum absolute atomic E-state index is 12.1. The van der Waals surface area contributed by atoms with Crippen molar-refractivity contribution in [1.29, 1.82) is 0 Å². The van der Waals surface area contributed by atoms with Crippen LogP contribution in [0.4, 0.5) is 0 Å². The van der Waals surface area contributed by atoms with Gasteiger partial charge in [-0.15, -0.1) is 0 Å². The molecule has 3 N–H and O–H groups in total. The molecule has 0 spiro atoms. The minimum absolute atomic E-state index is 0. The summed E-state index contributed by atoms with van der Waals surface area (Å²) < 4.78 is 0. The Hall–Kier alpha value is -0.720. The Labute approximate surface area is 156 Å². The molecule has 0 aromatic carbocycles. The first-order valence-electron chi connectivity index (χ1n) is 8.90. The molecule has 5 nitrogen and oxygen atoms in total. The van der Waals surface area contributed by atoms with Gasteiger partial charge in [-0.3, -0.25) is 4.79 Å². The van der Waals surface area contributed by atoms with Crippen LogP contribution in [0.15, 0.2) is 9.95 Å². The molecule has 1 aromatic heterocycles. The highest BCUT2D eigenvalue weighted by Crippen LogP contribution is 2.17. The summed E-state index contributed by atoms with van der Waals surface area (Å²) in [6.07, 6.45) is 6.02. The number of halogens is 1. The van der Waals surface area contributed by atoms with Crippen molar-refractivity contribution in [2.24, 2.45) is 0 Å². The van der Waals surface area contributed by atoms with Gasteiger partial charge in [0, 0.05) is 0 Å². The molecule has 1 aromatic rings. The third kappa shape index (κ3) is 8.40. The second-order valence-corrected chi connectivity index (χ2v) is 7.06. The molecule has 0 unspecified atom stereocenters. The van der Waals surface area contributed by atoms with Gasteiger partial charge in [-0.25, -0.2) is 0 Å². The van der Waals surface area contributed by atoms with E-state index in [1.807, 2.05) is 0 Å². The van der Waals surface area contributed by atoms with E-state index in [1.54, 1.807) is 4.90 Å². The number of aromatic hydroxyl groups is 1. The van der Waals surface area contributed by atoms with Crippen molar-refractivity contribution in [3.05, 3.63) is 15.9 Å². The van der Waals surface area contributed by atoms with E-state index in [2.05, 4.69) is 30.7 Å². The lowest BCUT2D eigenvalue weighted by Crippen LogP contribution is -3.12. The molecule has 24 heavy (non-hydrogen) atoms. The van der Waals surface area contributed by atoms with Crippen molar-refractivity contribution in [3.63, 3.8) is 0 Å². The van der Waals surface area contributed by atoms with Crippen LogP contribution < -0.4 is 22.9 Å². The van der Waals surface area contributed by atoms with E-state index in [0.29, 0.717) is 17.1 Å². The van der Waals surface area contributed by atoms with Crippen LogP contribution in [0.2, 0.25) is 0 Å². The molecule has 0 radical (unpaired) electrons. The average molecular weight is 378 g/mol. The molecule has 0 atom stereocenters. The summed E-state index contributed by atoms with van der Waals surface area (Å²) in [6.45, 7) is 9.94. The number of rotatable bonds is 12. The van der Waals surface area contributed by atoms with Crippen LogP contribution in [0, 0.1) is 0 Å². The van der Waals surface area contributed by atoms with Crippen molar-refractivity contribution in [2.75, 3.05) is 25.4 Å². The molecule has 0 aliphatic rings. The van der Waals surface area contributed by atoms with E-state index >= 15 is 0 Å². The van der Waals surface area contributed by atoms with Gasteiger partial charge in [0.25, 0.3) is 5.56 Å². The Bertz CT molecular complexity index is 505. The summed E-state index contributed by atoms with van der Waals surface area (Å²) in [6, 6.07) is 0. The highest BCUT2D eigenvalue weighted by atomic mass is 35.5. The second-order valence-electron chi connectivity index (χ2n) is 5.98. The minimum atomic E-state index is -0.192. The Morgan fingerprint density at radius 2 is 1.75 bits per heavy atom. The largest absolute Gasteiger partial charge is 1.00 e. The fraction of sp³-hybridized carbons (Fsp3) is 0.765. The van der Waals surface area contributed by atoms with Gasteiger partial charge >= 0.3 is 0 Å². The summed E-state index contributed by atoms with van der Waals surface area (Å²) in [5.41, 5.74) is 0.231. The number of aromatic amines is 1. The Morgan fingerprint density at radius 3 is 2.29 bits per heavy atom. The molecule has 1 heterocycles. The fourth-order valence-corrected chi connectivity index (χ4v) is 3.59. The van der Waals surface area contributed by atoms with E-state index in [4.69, 9.17) is 0 Å². The summed E-state index contributed by atoms with van der Waals surface area (Å²) >= 11 is 1.52. The standard InChI is InChI=1S/C17H31N3O2S.ClH/c1-4-7-8-9-14-15(21)18-17(19-16(14)22)23-13-12-20(10-5-2)11-6-3;/h4-13H2,1-3H3,(H2,18,19,21,22);1H. The Morgan fingerprint density at radius 1 is 1.08 bits per heavy atom. The van der Waals surface area contributed by atoms with Gasteiger partial charge in [-0.05, 0) is 25.7 Å². The quantitative estimate of drug-likeness (QED) is 0.248. The predicted molar refractivity (Wildman–Crippen MR) is 96.6 cm³/mol. The predicted octanol–water partition coefficient (Wildman–Crippen LogP) is -0.991. The summed E-state index contributed by atoms with van der Waals surface area (Å²) in [7, 11) is 0. The van der Waals surface area contributed by atoms with E-state index in [0.717, 1.165) is 31.6 Å². The number of H-pyrrole nitrogens is 1. The van der Waals surface area contributed by atoms with Crippen molar-refractivity contribution in [2.45, 2.75) is 64.5 Å². The van der Waals surface area contributed by atoms with Crippen molar-refractivity contribution < 1.29 is 22.4 Å². The van der Waals surface area contributed by atoms with Crippen LogP contribution in [-0.4, -0.2) is 40.5 Å². The van der Waals surface area contributed by atoms with Gasteiger partial charge in [-0.1, -0.05) is 45.4 Å². The zero-order valence-corrected chi connectivity index (χ0v) is 16.7. The molecule has 7 heteroatoms. The second kappa shape index (κ2) is 13.6. The van der Waals surface area contributed by atoms with Crippen LogP contribution >= 0.6 is 11.8 Å². The van der Waals surface area contributed by atoms with Crippen LogP contribution in [0.1, 0.15) is 58.4 Å². The normalized spacial score (nSPS) is 10.8. The number of unbranched alkanes of at least 4 members (excludes halogenated alkanes) is 2. The van der Waals surface area contributed by atoms with Gasteiger partial charge in [0.05, 0.1) is 31.0 Å². The van der Waals surface area contributed by atoms with Crippen LogP contribution in [0.25, 0.3) is 0 Å². The van der Waals surface area contributed by atoms with E-state index in [1.165, 1.54) is 37.7 Å². The number of nitrogens with one attached hydrogen (secondary N) is 2. The van der Waals surface area contributed by atoms with Gasteiger partial charge in [0.1, 0.15) is 0 Å². The number of aromatic nitrogens is 2. The molecule has 140 valence electrons. The van der Waals surface area contributed by atoms with Gasteiger partial charge in [0.2, 0.25) is 5.88 Å². The van der Waals surface area contributed by atoms with Crippen LogP contribution in [0.5, 0.6) is 5.88 Å². The van der Waals surface area contributed by atoms with Crippen LogP contribution in [0.3, 0.4) is 0 Å². The first-order chi connectivity index (χ1) is 11.1. The molecular weight excluding hydrogens is 346 g/mol. The number of nitrogens with zero attached hydrogens (tertiary/aromatic N) is 1.